The quantitative estimate of drug-likeness (QED) is 0.670. The van der Waals surface area contributed by atoms with Gasteiger partial charge in [-0.15, -0.1) is 0 Å². The number of halogens is 1. The van der Waals surface area contributed by atoms with E-state index in [0.29, 0.717) is 22.5 Å². The van der Waals surface area contributed by atoms with Gasteiger partial charge in [0, 0.05) is 18.3 Å². The van der Waals surface area contributed by atoms with Crippen molar-refractivity contribution in [2.75, 3.05) is 16.7 Å². The molecule has 0 aliphatic rings. The van der Waals surface area contributed by atoms with Crippen LogP contribution < -0.4 is 9.62 Å². The Morgan fingerprint density at radius 1 is 0.966 bits per heavy atom. The van der Waals surface area contributed by atoms with E-state index in [-0.39, 0.29) is 4.90 Å². The van der Waals surface area contributed by atoms with Gasteiger partial charge in [0.15, 0.2) is 0 Å². The molecule has 0 spiro atoms. The molecule has 1 N–H and O–H groups in total. The number of benzene rings is 3. The van der Waals surface area contributed by atoms with Crippen molar-refractivity contribution in [3.63, 3.8) is 0 Å². The molecule has 3 rings (SSSR count). The van der Waals surface area contributed by atoms with Gasteiger partial charge in [-0.1, -0.05) is 23.8 Å². The number of carbonyl (C=O) groups is 1. The zero-order chi connectivity index (χ0) is 21.2. The van der Waals surface area contributed by atoms with Gasteiger partial charge < -0.3 is 5.32 Å². The van der Waals surface area contributed by atoms with Gasteiger partial charge in [-0.25, -0.2) is 12.8 Å². The average Bonchev–Trinajstić information content (AvgIpc) is 2.67. The molecule has 0 heterocycles. The molecule has 0 radical (unpaired) electrons. The van der Waals surface area contributed by atoms with E-state index in [4.69, 9.17) is 0 Å². The summed E-state index contributed by atoms with van der Waals surface area (Å²) in [6.07, 6.45) is 0. The summed E-state index contributed by atoms with van der Waals surface area (Å²) < 4.78 is 40.3. The summed E-state index contributed by atoms with van der Waals surface area (Å²) in [4.78, 5) is 12.6. The van der Waals surface area contributed by atoms with Gasteiger partial charge in [0.25, 0.3) is 15.9 Å². The third kappa shape index (κ3) is 4.46. The standard InChI is InChI=1S/C22H21FN2O3S/c1-15-7-10-20(11-8-15)29(27,28)25(3)21-12-9-17(13-16(21)2)22(26)24-19-6-4-5-18(23)14-19/h4-14H,1-3H3,(H,24,26). The molecule has 0 aromatic heterocycles. The number of amides is 1. The van der Waals surface area contributed by atoms with E-state index in [1.165, 1.54) is 35.6 Å². The fourth-order valence-corrected chi connectivity index (χ4v) is 4.18. The van der Waals surface area contributed by atoms with Crippen molar-refractivity contribution in [1.82, 2.24) is 0 Å². The van der Waals surface area contributed by atoms with E-state index in [0.717, 1.165) is 5.56 Å². The molecule has 3 aromatic carbocycles. The topological polar surface area (TPSA) is 66.5 Å². The number of hydrogen-bond acceptors (Lipinski definition) is 3. The summed E-state index contributed by atoms with van der Waals surface area (Å²) in [7, 11) is -2.25. The number of hydrogen-bond donors (Lipinski definition) is 1. The molecule has 0 bridgehead atoms. The fraction of sp³-hybridized carbons (Fsp3) is 0.136. The second kappa shape index (κ2) is 8.05. The molecule has 0 atom stereocenters. The van der Waals surface area contributed by atoms with E-state index in [9.17, 15) is 17.6 Å². The van der Waals surface area contributed by atoms with Crippen LogP contribution in [0.2, 0.25) is 0 Å². The van der Waals surface area contributed by atoms with Crippen LogP contribution in [0.3, 0.4) is 0 Å². The Morgan fingerprint density at radius 3 is 2.28 bits per heavy atom. The van der Waals surface area contributed by atoms with Crippen LogP contribution in [-0.2, 0) is 10.0 Å². The van der Waals surface area contributed by atoms with Crippen LogP contribution >= 0.6 is 0 Å². The van der Waals surface area contributed by atoms with Crippen LogP contribution in [-0.4, -0.2) is 21.4 Å². The van der Waals surface area contributed by atoms with Crippen molar-refractivity contribution in [2.24, 2.45) is 0 Å². The highest BCUT2D eigenvalue weighted by molar-refractivity contribution is 7.92. The maximum Gasteiger partial charge on any atom is 0.264 e. The largest absolute Gasteiger partial charge is 0.322 e. The summed E-state index contributed by atoms with van der Waals surface area (Å²) in [5.41, 5.74) is 2.74. The maximum atomic E-state index is 13.3. The van der Waals surface area contributed by atoms with Gasteiger partial charge in [0.1, 0.15) is 5.82 Å². The number of aryl methyl sites for hydroxylation is 2. The van der Waals surface area contributed by atoms with Crippen molar-refractivity contribution in [3.05, 3.63) is 89.2 Å². The van der Waals surface area contributed by atoms with Crippen LogP contribution in [0.5, 0.6) is 0 Å². The maximum absolute atomic E-state index is 13.3. The first kappa shape index (κ1) is 20.5. The van der Waals surface area contributed by atoms with Gasteiger partial charge in [-0.2, -0.15) is 0 Å². The third-order valence-corrected chi connectivity index (χ3v) is 6.35. The Morgan fingerprint density at radius 2 is 1.66 bits per heavy atom. The summed E-state index contributed by atoms with van der Waals surface area (Å²) in [5.74, 6) is -0.855. The number of nitrogens with one attached hydrogen (secondary N) is 1. The van der Waals surface area contributed by atoms with Crippen LogP contribution in [0.4, 0.5) is 15.8 Å². The van der Waals surface area contributed by atoms with Crippen molar-refractivity contribution >= 4 is 27.3 Å². The van der Waals surface area contributed by atoms with E-state index in [1.807, 2.05) is 6.92 Å². The van der Waals surface area contributed by atoms with Gasteiger partial charge in [0.2, 0.25) is 0 Å². The lowest BCUT2D eigenvalue weighted by Gasteiger charge is -2.22. The molecule has 1 amide bonds. The predicted octanol–water partition coefficient (Wildman–Crippen LogP) is 4.52. The highest BCUT2D eigenvalue weighted by Crippen LogP contribution is 2.26. The van der Waals surface area contributed by atoms with Gasteiger partial charge >= 0.3 is 0 Å². The lowest BCUT2D eigenvalue weighted by atomic mass is 10.1. The molecule has 0 saturated carbocycles. The van der Waals surface area contributed by atoms with E-state index >= 15 is 0 Å². The minimum Gasteiger partial charge on any atom is -0.322 e. The lowest BCUT2D eigenvalue weighted by Crippen LogP contribution is -2.27. The van der Waals surface area contributed by atoms with E-state index in [2.05, 4.69) is 5.32 Å². The van der Waals surface area contributed by atoms with Crippen LogP contribution in [0.15, 0.2) is 71.6 Å². The molecule has 0 aliphatic carbocycles. The van der Waals surface area contributed by atoms with Gasteiger partial charge in [-0.05, 0) is 67.9 Å². The zero-order valence-electron chi connectivity index (χ0n) is 16.3. The molecular weight excluding hydrogens is 391 g/mol. The Kier molecular flexibility index (Phi) is 5.70. The van der Waals surface area contributed by atoms with Crippen LogP contribution in [0.25, 0.3) is 0 Å². The predicted molar refractivity (Wildman–Crippen MR) is 112 cm³/mol. The second-order valence-electron chi connectivity index (χ2n) is 6.75. The summed E-state index contributed by atoms with van der Waals surface area (Å²) in [6.45, 7) is 3.62. The number of anilines is 2. The fourth-order valence-electron chi connectivity index (χ4n) is 2.92. The minimum absolute atomic E-state index is 0.193. The molecule has 29 heavy (non-hydrogen) atoms. The number of carbonyl (C=O) groups excluding carboxylic acids is 1. The zero-order valence-corrected chi connectivity index (χ0v) is 17.1. The molecule has 7 heteroatoms. The molecule has 5 nitrogen and oxygen atoms in total. The summed E-state index contributed by atoms with van der Waals surface area (Å²) in [5, 5.41) is 2.63. The molecule has 150 valence electrons. The average molecular weight is 412 g/mol. The van der Waals surface area contributed by atoms with Crippen molar-refractivity contribution in [2.45, 2.75) is 18.7 Å². The first-order valence-electron chi connectivity index (χ1n) is 8.91. The van der Waals surface area contributed by atoms with Gasteiger partial charge in [0.05, 0.1) is 10.6 Å². The highest BCUT2D eigenvalue weighted by Gasteiger charge is 2.23. The van der Waals surface area contributed by atoms with Gasteiger partial charge in [-0.3, -0.25) is 9.10 Å². The Labute approximate surface area is 169 Å². The SMILES string of the molecule is Cc1ccc(S(=O)(=O)N(C)c2ccc(C(=O)Nc3cccc(F)c3)cc2C)cc1. The monoisotopic (exact) mass is 412 g/mol. The molecule has 0 saturated heterocycles. The molecular formula is C22H21FN2O3S. The van der Waals surface area contributed by atoms with Crippen molar-refractivity contribution < 1.29 is 17.6 Å². The number of nitrogens with zero attached hydrogens (tertiary/aromatic N) is 1. The first-order valence-corrected chi connectivity index (χ1v) is 10.4. The van der Waals surface area contributed by atoms with Crippen LogP contribution in [0, 0.1) is 19.7 Å². The Bertz CT molecular complexity index is 1160. The van der Waals surface area contributed by atoms with Crippen molar-refractivity contribution in [1.29, 1.82) is 0 Å². The smallest absolute Gasteiger partial charge is 0.264 e. The summed E-state index contributed by atoms with van der Waals surface area (Å²) >= 11 is 0. The third-order valence-electron chi connectivity index (χ3n) is 4.56. The summed E-state index contributed by atoms with van der Waals surface area (Å²) in [6, 6.07) is 17.0. The molecule has 0 fully saturated rings. The van der Waals surface area contributed by atoms with Crippen molar-refractivity contribution in [3.8, 4) is 0 Å². The normalized spacial score (nSPS) is 11.2. The van der Waals surface area contributed by atoms with Crippen LogP contribution in [0.1, 0.15) is 21.5 Å². The van der Waals surface area contributed by atoms with E-state index in [1.54, 1.807) is 49.4 Å². The highest BCUT2D eigenvalue weighted by atomic mass is 32.2. The number of sulfonamides is 1. The first-order chi connectivity index (χ1) is 13.7. The van der Waals surface area contributed by atoms with E-state index < -0.39 is 21.7 Å². The number of rotatable bonds is 5. The molecule has 0 aliphatic heterocycles. The molecule has 3 aromatic rings. The Hall–Kier alpha value is -3.19. The second-order valence-corrected chi connectivity index (χ2v) is 8.72. The molecule has 0 unspecified atom stereocenters. The minimum atomic E-state index is -3.73. The lowest BCUT2D eigenvalue weighted by molar-refractivity contribution is 0.102. The Balaban J connectivity index is 1.85.